The molecule has 0 unspecified atom stereocenters. The number of para-hydroxylation sites is 1. The molecular weight excluding hydrogens is 412 g/mol. The fourth-order valence-electron chi connectivity index (χ4n) is 3.73. The van der Waals surface area contributed by atoms with E-state index in [-0.39, 0.29) is 41.6 Å². The number of carbonyl (C=O) groups is 3. The highest BCUT2D eigenvalue weighted by atomic mass is 16.5. The van der Waals surface area contributed by atoms with E-state index in [4.69, 9.17) is 15.6 Å². The van der Waals surface area contributed by atoms with Gasteiger partial charge in [-0.05, 0) is 24.3 Å². The Balaban J connectivity index is 1.76. The highest BCUT2D eigenvalue weighted by molar-refractivity contribution is 6.23. The van der Waals surface area contributed by atoms with Crippen molar-refractivity contribution in [3.63, 3.8) is 0 Å². The molecule has 32 heavy (non-hydrogen) atoms. The first-order valence-electron chi connectivity index (χ1n) is 9.75. The molecule has 0 spiro atoms. The molecular formula is C23H16N4O5. The van der Waals surface area contributed by atoms with Gasteiger partial charge in [0.05, 0.1) is 29.1 Å². The van der Waals surface area contributed by atoms with Gasteiger partial charge in [0.1, 0.15) is 23.7 Å². The van der Waals surface area contributed by atoms with Gasteiger partial charge in [0.15, 0.2) is 5.78 Å². The number of ketones is 2. The minimum Gasteiger partial charge on any atom is -0.459 e. The molecule has 0 radical (unpaired) electrons. The second-order valence-electron chi connectivity index (χ2n) is 7.19. The summed E-state index contributed by atoms with van der Waals surface area (Å²) in [6, 6.07) is 12.2. The number of Topliss-reactive ketones (excluding diaryl/α,β-unsaturated/α-hetero) is 1. The van der Waals surface area contributed by atoms with E-state index in [0.717, 1.165) is 17.0 Å². The topological polar surface area (TPSA) is 148 Å². The fraction of sp³-hybridized carbons (Fsp3) is 0.0870. The number of nitrogens with zero attached hydrogens (tertiary/aromatic N) is 2. The van der Waals surface area contributed by atoms with Crippen molar-refractivity contribution in [3.8, 4) is 11.4 Å². The van der Waals surface area contributed by atoms with Gasteiger partial charge < -0.3 is 20.6 Å². The molecule has 0 fully saturated rings. The van der Waals surface area contributed by atoms with Crippen molar-refractivity contribution in [3.05, 3.63) is 71.2 Å². The first-order valence-corrected chi connectivity index (χ1v) is 9.75. The lowest BCUT2D eigenvalue weighted by Crippen LogP contribution is -2.23. The van der Waals surface area contributed by atoms with Crippen LogP contribution in [-0.2, 0) is 4.74 Å². The average Bonchev–Trinajstić information content (AvgIpc) is 3.19. The number of carbonyl (C=O) groups excluding carboxylic acids is 3. The number of H-pyrrole nitrogens is 1. The number of aromatic amines is 1. The molecule has 0 amide bonds. The molecule has 9 nitrogen and oxygen atoms in total. The van der Waals surface area contributed by atoms with Crippen molar-refractivity contribution in [2.45, 2.75) is 0 Å². The Morgan fingerprint density at radius 3 is 2.69 bits per heavy atom. The monoisotopic (exact) mass is 428 g/mol. The highest BCUT2D eigenvalue weighted by Crippen LogP contribution is 2.33. The average molecular weight is 428 g/mol. The number of rotatable bonds is 4. The number of ether oxygens (including phenoxy) is 1. The third-order valence-electron chi connectivity index (χ3n) is 5.20. The molecule has 0 bridgehead atoms. The standard InChI is InChI=1S/C23H16N4O5/c24-14-10-18(29)12-5-6-16(26-20(12)22(14)30)21-19-13(11-3-1-2-4-15(11)25-19)9-17(27-21)23(31)32-8-7-28/h1-6,9-10,25,28H,7-8,24H2. The number of benzene rings is 1. The van der Waals surface area contributed by atoms with Crippen LogP contribution in [-0.4, -0.2) is 50.8 Å². The van der Waals surface area contributed by atoms with E-state index < -0.39 is 17.5 Å². The van der Waals surface area contributed by atoms with E-state index in [9.17, 15) is 14.4 Å². The van der Waals surface area contributed by atoms with E-state index in [0.29, 0.717) is 16.6 Å². The van der Waals surface area contributed by atoms with Crippen molar-refractivity contribution >= 4 is 39.3 Å². The number of aliphatic hydroxyl groups is 1. The van der Waals surface area contributed by atoms with Crippen molar-refractivity contribution in [2.75, 3.05) is 13.2 Å². The molecule has 5 rings (SSSR count). The summed E-state index contributed by atoms with van der Waals surface area (Å²) in [6.07, 6.45) is 1.08. The van der Waals surface area contributed by atoms with Crippen LogP contribution in [0.4, 0.5) is 0 Å². The molecule has 4 aromatic rings. The molecule has 3 heterocycles. The number of aliphatic hydroxyl groups excluding tert-OH is 1. The van der Waals surface area contributed by atoms with Crippen LogP contribution in [0.5, 0.6) is 0 Å². The third kappa shape index (κ3) is 3.03. The second-order valence-corrected chi connectivity index (χ2v) is 7.19. The summed E-state index contributed by atoms with van der Waals surface area (Å²) in [6.45, 7) is -0.480. The summed E-state index contributed by atoms with van der Waals surface area (Å²) in [5.41, 5.74) is 7.62. The molecule has 0 saturated carbocycles. The lowest BCUT2D eigenvalue weighted by atomic mass is 9.97. The number of nitrogens with one attached hydrogen (secondary N) is 1. The lowest BCUT2D eigenvalue weighted by Gasteiger charge is -2.13. The Kier molecular flexibility index (Phi) is 4.53. The predicted molar refractivity (Wildman–Crippen MR) is 115 cm³/mol. The van der Waals surface area contributed by atoms with Crippen molar-refractivity contribution < 1.29 is 24.2 Å². The van der Waals surface area contributed by atoms with Gasteiger partial charge in [-0.25, -0.2) is 14.8 Å². The number of fused-ring (bicyclic) bond motifs is 4. The zero-order chi connectivity index (χ0) is 22.4. The first kappa shape index (κ1) is 19.6. The van der Waals surface area contributed by atoms with Crippen LogP contribution in [0.25, 0.3) is 33.2 Å². The largest absolute Gasteiger partial charge is 0.459 e. The maximum Gasteiger partial charge on any atom is 0.357 e. The van der Waals surface area contributed by atoms with Gasteiger partial charge in [-0.15, -0.1) is 0 Å². The summed E-state index contributed by atoms with van der Waals surface area (Å²) < 4.78 is 5.04. The Morgan fingerprint density at radius 2 is 1.88 bits per heavy atom. The zero-order valence-electron chi connectivity index (χ0n) is 16.6. The lowest BCUT2D eigenvalue weighted by molar-refractivity contribution is 0.0427. The van der Waals surface area contributed by atoms with Crippen LogP contribution in [0.3, 0.4) is 0 Å². The molecule has 3 aromatic heterocycles. The Labute approximate surface area is 180 Å². The molecule has 0 atom stereocenters. The van der Waals surface area contributed by atoms with Crippen molar-refractivity contribution in [1.29, 1.82) is 0 Å². The molecule has 4 N–H and O–H groups in total. The first-order chi connectivity index (χ1) is 15.5. The van der Waals surface area contributed by atoms with Crippen LogP contribution in [0, 0.1) is 0 Å². The van der Waals surface area contributed by atoms with Crippen LogP contribution >= 0.6 is 0 Å². The van der Waals surface area contributed by atoms with Gasteiger partial charge >= 0.3 is 5.97 Å². The second kappa shape index (κ2) is 7.40. The summed E-state index contributed by atoms with van der Waals surface area (Å²) in [5.74, 6) is -1.65. The van der Waals surface area contributed by atoms with Crippen LogP contribution in [0.2, 0.25) is 0 Å². The SMILES string of the molecule is NC1=CC(=O)c2ccc(-c3nc(C(=O)OCCO)cc4c3[nH]c3ccccc34)nc2C1=O. The molecule has 0 saturated heterocycles. The Hall–Kier alpha value is -4.37. The van der Waals surface area contributed by atoms with E-state index in [2.05, 4.69) is 15.0 Å². The summed E-state index contributed by atoms with van der Waals surface area (Å²) in [5, 5.41) is 10.5. The van der Waals surface area contributed by atoms with Gasteiger partial charge in [0.2, 0.25) is 5.78 Å². The minimum absolute atomic E-state index is 0.0204. The van der Waals surface area contributed by atoms with Gasteiger partial charge in [-0.1, -0.05) is 18.2 Å². The predicted octanol–water partition coefficient (Wildman–Crippen LogP) is 2.15. The zero-order valence-corrected chi connectivity index (χ0v) is 16.6. The molecule has 158 valence electrons. The van der Waals surface area contributed by atoms with E-state index in [1.54, 1.807) is 12.1 Å². The highest BCUT2D eigenvalue weighted by Gasteiger charge is 2.27. The summed E-state index contributed by atoms with van der Waals surface area (Å²) in [7, 11) is 0. The van der Waals surface area contributed by atoms with Gasteiger partial charge in [-0.2, -0.15) is 0 Å². The Bertz CT molecular complexity index is 1480. The van der Waals surface area contributed by atoms with E-state index >= 15 is 0 Å². The number of hydrogen-bond donors (Lipinski definition) is 3. The van der Waals surface area contributed by atoms with Crippen LogP contribution in [0.15, 0.2) is 54.2 Å². The summed E-state index contributed by atoms with van der Waals surface area (Å²) in [4.78, 5) is 49.3. The molecule has 0 aliphatic heterocycles. The van der Waals surface area contributed by atoms with Gasteiger partial charge in [0, 0.05) is 22.4 Å². The smallest absolute Gasteiger partial charge is 0.357 e. The van der Waals surface area contributed by atoms with Crippen LogP contribution < -0.4 is 5.73 Å². The van der Waals surface area contributed by atoms with Gasteiger partial charge in [-0.3, -0.25) is 9.59 Å². The number of nitrogens with two attached hydrogens (primary N) is 1. The third-order valence-corrected chi connectivity index (χ3v) is 5.20. The van der Waals surface area contributed by atoms with E-state index in [1.165, 1.54) is 6.07 Å². The minimum atomic E-state index is -0.705. The summed E-state index contributed by atoms with van der Waals surface area (Å²) >= 11 is 0. The van der Waals surface area contributed by atoms with Crippen molar-refractivity contribution in [1.82, 2.24) is 15.0 Å². The number of esters is 1. The number of pyridine rings is 2. The fourth-order valence-corrected chi connectivity index (χ4v) is 3.73. The molecule has 1 aliphatic rings. The Morgan fingerprint density at radius 1 is 1.06 bits per heavy atom. The maximum atomic E-state index is 12.5. The normalized spacial score (nSPS) is 13.3. The molecule has 9 heteroatoms. The quantitative estimate of drug-likeness (QED) is 0.419. The molecule has 1 aliphatic carbocycles. The van der Waals surface area contributed by atoms with Crippen LogP contribution in [0.1, 0.15) is 31.3 Å². The van der Waals surface area contributed by atoms with E-state index in [1.807, 2.05) is 24.3 Å². The maximum absolute atomic E-state index is 12.5. The van der Waals surface area contributed by atoms with Crippen molar-refractivity contribution in [2.24, 2.45) is 5.73 Å². The molecule has 1 aromatic carbocycles. The van der Waals surface area contributed by atoms with Gasteiger partial charge in [0.25, 0.3) is 0 Å². The number of hydrogen-bond acceptors (Lipinski definition) is 8. The number of aromatic nitrogens is 3. The number of allylic oxidation sites excluding steroid dienone is 2.